The fourth-order valence-electron chi connectivity index (χ4n) is 3.44. The number of carboxylic acid groups (broad SMARTS) is 1. The van der Waals surface area contributed by atoms with Gasteiger partial charge in [0, 0.05) is 31.7 Å². The zero-order valence-corrected chi connectivity index (χ0v) is 11.8. The molecule has 3 rings (SSSR count). The van der Waals surface area contributed by atoms with E-state index < -0.39 is 5.97 Å². The summed E-state index contributed by atoms with van der Waals surface area (Å²) in [5.74, 6) is 0.924. The van der Waals surface area contributed by atoms with Crippen molar-refractivity contribution in [3.63, 3.8) is 0 Å². The van der Waals surface area contributed by atoms with Crippen molar-refractivity contribution in [1.29, 1.82) is 0 Å². The molecule has 0 spiro atoms. The molecule has 0 radical (unpaired) electrons. The van der Waals surface area contributed by atoms with Gasteiger partial charge in [-0.15, -0.1) is 0 Å². The molecule has 5 heteroatoms. The molecule has 20 heavy (non-hydrogen) atoms. The first-order chi connectivity index (χ1) is 9.66. The van der Waals surface area contributed by atoms with E-state index in [1.165, 1.54) is 12.8 Å². The predicted molar refractivity (Wildman–Crippen MR) is 72.1 cm³/mol. The van der Waals surface area contributed by atoms with Crippen LogP contribution in [0.25, 0.3) is 0 Å². The van der Waals surface area contributed by atoms with Crippen LogP contribution < -0.4 is 0 Å². The van der Waals surface area contributed by atoms with Crippen molar-refractivity contribution in [1.82, 2.24) is 4.90 Å². The highest BCUT2D eigenvalue weighted by atomic mass is 16.5. The lowest BCUT2D eigenvalue weighted by Crippen LogP contribution is -2.45. The Morgan fingerprint density at radius 3 is 2.45 bits per heavy atom. The average molecular weight is 281 g/mol. The highest BCUT2D eigenvalue weighted by Crippen LogP contribution is 2.55. The van der Waals surface area contributed by atoms with Gasteiger partial charge in [0.25, 0.3) is 0 Å². The topological polar surface area (TPSA) is 66.8 Å². The summed E-state index contributed by atoms with van der Waals surface area (Å²) in [4.78, 5) is 25.3. The van der Waals surface area contributed by atoms with Crippen LogP contribution in [0.15, 0.2) is 0 Å². The van der Waals surface area contributed by atoms with Crippen LogP contribution in [0.4, 0.5) is 0 Å². The van der Waals surface area contributed by atoms with Crippen molar-refractivity contribution in [2.45, 2.75) is 44.6 Å². The molecule has 2 aliphatic carbocycles. The highest BCUT2D eigenvalue weighted by Gasteiger charge is 2.52. The van der Waals surface area contributed by atoms with Crippen LogP contribution in [0.2, 0.25) is 0 Å². The summed E-state index contributed by atoms with van der Waals surface area (Å²) >= 11 is 0. The van der Waals surface area contributed by atoms with Crippen LogP contribution in [-0.2, 0) is 14.3 Å². The summed E-state index contributed by atoms with van der Waals surface area (Å²) in [5, 5.41) is 8.88. The van der Waals surface area contributed by atoms with Gasteiger partial charge in [-0.05, 0) is 43.9 Å². The van der Waals surface area contributed by atoms with E-state index in [-0.39, 0.29) is 24.3 Å². The smallest absolute Gasteiger partial charge is 0.305 e. The second-order valence-electron chi connectivity index (χ2n) is 6.36. The quantitative estimate of drug-likeness (QED) is 0.801. The minimum atomic E-state index is -0.829. The zero-order chi connectivity index (χ0) is 14.1. The third-order valence-corrected chi connectivity index (χ3v) is 4.87. The molecule has 3 aliphatic rings. The van der Waals surface area contributed by atoms with Crippen LogP contribution in [0, 0.1) is 17.8 Å². The number of hydrogen-bond acceptors (Lipinski definition) is 3. The molecule has 5 nitrogen and oxygen atoms in total. The van der Waals surface area contributed by atoms with Crippen molar-refractivity contribution < 1.29 is 19.4 Å². The molecule has 0 unspecified atom stereocenters. The Balaban J connectivity index is 1.60. The normalized spacial score (nSPS) is 30.0. The summed E-state index contributed by atoms with van der Waals surface area (Å²) in [6.07, 6.45) is 5.31. The number of rotatable bonds is 6. The fourth-order valence-corrected chi connectivity index (χ4v) is 3.44. The van der Waals surface area contributed by atoms with Gasteiger partial charge in [0.05, 0.1) is 6.42 Å². The van der Waals surface area contributed by atoms with Gasteiger partial charge in [0.2, 0.25) is 5.91 Å². The van der Waals surface area contributed by atoms with E-state index in [0.717, 1.165) is 25.2 Å². The lowest BCUT2D eigenvalue weighted by molar-refractivity contribution is -0.141. The van der Waals surface area contributed by atoms with Crippen molar-refractivity contribution in [2.75, 3.05) is 19.8 Å². The van der Waals surface area contributed by atoms with E-state index in [0.29, 0.717) is 25.7 Å². The average Bonchev–Trinajstić information content (AvgIpc) is 3.29. The molecule has 1 aliphatic heterocycles. The van der Waals surface area contributed by atoms with E-state index in [9.17, 15) is 9.59 Å². The van der Waals surface area contributed by atoms with Crippen molar-refractivity contribution in [3.05, 3.63) is 0 Å². The van der Waals surface area contributed by atoms with Crippen molar-refractivity contribution in [3.8, 4) is 0 Å². The van der Waals surface area contributed by atoms with E-state index in [4.69, 9.17) is 9.84 Å². The maximum atomic E-state index is 12.7. The number of aliphatic carboxylic acids is 1. The maximum absolute atomic E-state index is 12.7. The molecule has 0 bridgehead atoms. The van der Waals surface area contributed by atoms with Crippen LogP contribution in [0.5, 0.6) is 0 Å². The third kappa shape index (κ3) is 3.14. The molecule has 3 fully saturated rings. The molecular formula is C15H23NO4. The largest absolute Gasteiger partial charge is 0.481 e. The number of hydrogen-bond donors (Lipinski definition) is 1. The van der Waals surface area contributed by atoms with Gasteiger partial charge in [0.15, 0.2) is 0 Å². The number of ether oxygens (including phenoxy) is 1. The van der Waals surface area contributed by atoms with Crippen molar-refractivity contribution >= 4 is 11.9 Å². The molecule has 1 heterocycles. The Bertz CT molecular complexity index is 387. The van der Waals surface area contributed by atoms with Crippen LogP contribution in [0.3, 0.4) is 0 Å². The summed E-state index contributed by atoms with van der Waals surface area (Å²) in [6.45, 7) is 1.71. The van der Waals surface area contributed by atoms with E-state index >= 15 is 0 Å². The Hall–Kier alpha value is -1.10. The summed E-state index contributed by atoms with van der Waals surface area (Å²) < 4.78 is 5.35. The standard InChI is InChI=1S/C15H23NO4/c17-14(18)3-6-16(11-4-7-20-8-5-11)15(19)13-9-12(13)10-1-2-10/h10-13H,1-9H2,(H,17,18)/t12-,13-/m1/s1. The minimum absolute atomic E-state index is 0.0455. The Labute approximate surface area is 119 Å². The maximum Gasteiger partial charge on any atom is 0.305 e. The van der Waals surface area contributed by atoms with Crippen molar-refractivity contribution in [2.24, 2.45) is 17.8 Å². The van der Waals surface area contributed by atoms with E-state index in [2.05, 4.69) is 0 Å². The van der Waals surface area contributed by atoms with Gasteiger partial charge in [-0.3, -0.25) is 9.59 Å². The van der Waals surface area contributed by atoms with Gasteiger partial charge < -0.3 is 14.7 Å². The summed E-state index contributed by atoms with van der Waals surface area (Å²) in [7, 11) is 0. The first kappa shape index (κ1) is 13.9. The SMILES string of the molecule is O=C(O)CCN(C(=O)[C@@H]1C[C@@H]1C1CC1)C1CCOCC1. The molecule has 1 N–H and O–H groups in total. The second kappa shape index (κ2) is 5.72. The monoisotopic (exact) mass is 281 g/mol. The molecule has 2 saturated carbocycles. The zero-order valence-electron chi connectivity index (χ0n) is 11.8. The molecule has 0 aromatic heterocycles. The Kier molecular flexibility index (Phi) is 3.96. The lowest BCUT2D eigenvalue weighted by atomic mass is 10.1. The number of carbonyl (C=O) groups is 2. The molecule has 1 saturated heterocycles. The molecule has 112 valence electrons. The molecular weight excluding hydrogens is 258 g/mol. The Morgan fingerprint density at radius 1 is 1.15 bits per heavy atom. The minimum Gasteiger partial charge on any atom is -0.481 e. The molecule has 2 atom stereocenters. The highest BCUT2D eigenvalue weighted by molar-refractivity contribution is 5.82. The van der Waals surface area contributed by atoms with Gasteiger partial charge in [-0.1, -0.05) is 0 Å². The number of carbonyl (C=O) groups excluding carboxylic acids is 1. The first-order valence-corrected chi connectivity index (χ1v) is 7.77. The van der Waals surface area contributed by atoms with Crippen LogP contribution >= 0.6 is 0 Å². The number of carboxylic acids is 1. The van der Waals surface area contributed by atoms with Gasteiger partial charge in [0.1, 0.15) is 0 Å². The van der Waals surface area contributed by atoms with Gasteiger partial charge in [-0.25, -0.2) is 0 Å². The van der Waals surface area contributed by atoms with Crippen LogP contribution in [-0.4, -0.2) is 47.7 Å². The molecule has 0 aromatic rings. The fraction of sp³-hybridized carbons (Fsp3) is 0.867. The second-order valence-corrected chi connectivity index (χ2v) is 6.36. The Morgan fingerprint density at radius 2 is 1.85 bits per heavy atom. The number of nitrogens with zero attached hydrogens (tertiary/aromatic N) is 1. The summed E-state index contributed by atoms with van der Waals surface area (Å²) in [5.41, 5.74) is 0. The van der Waals surface area contributed by atoms with Gasteiger partial charge in [-0.2, -0.15) is 0 Å². The predicted octanol–water partition coefficient (Wildman–Crippen LogP) is 1.51. The van der Waals surface area contributed by atoms with E-state index in [1.54, 1.807) is 0 Å². The lowest BCUT2D eigenvalue weighted by Gasteiger charge is -2.34. The molecule has 0 aromatic carbocycles. The van der Waals surface area contributed by atoms with Gasteiger partial charge >= 0.3 is 5.97 Å². The molecule has 1 amide bonds. The van der Waals surface area contributed by atoms with Crippen LogP contribution in [0.1, 0.15) is 38.5 Å². The van der Waals surface area contributed by atoms with E-state index in [1.807, 2.05) is 4.90 Å². The third-order valence-electron chi connectivity index (χ3n) is 4.87. The first-order valence-electron chi connectivity index (χ1n) is 7.77. The summed E-state index contributed by atoms with van der Waals surface area (Å²) in [6, 6.07) is 0.177. The number of amides is 1.